The van der Waals surface area contributed by atoms with Crippen molar-refractivity contribution in [1.82, 2.24) is 0 Å². The fourth-order valence-corrected chi connectivity index (χ4v) is 1.55. The summed E-state index contributed by atoms with van der Waals surface area (Å²) in [5.41, 5.74) is -0.783. The quantitative estimate of drug-likeness (QED) is 0.730. The lowest BCUT2D eigenvalue weighted by molar-refractivity contribution is -0.0216. The van der Waals surface area contributed by atoms with Crippen LogP contribution in [0.3, 0.4) is 0 Å². The summed E-state index contributed by atoms with van der Waals surface area (Å²) in [4.78, 5) is 0. The zero-order valence-electron chi connectivity index (χ0n) is 8.84. The summed E-state index contributed by atoms with van der Waals surface area (Å²) < 4.78 is 5.48. The lowest BCUT2D eigenvalue weighted by Crippen LogP contribution is -2.36. The van der Waals surface area contributed by atoms with Crippen molar-refractivity contribution in [3.8, 4) is 0 Å². The van der Waals surface area contributed by atoms with Gasteiger partial charge in [0.2, 0.25) is 0 Å². The van der Waals surface area contributed by atoms with Crippen molar-refractivity contribution in [2.75, 3.05) is 6.61 Å². The van der Waals surface area contributed by atoms with Crippen molar-refractivity contribution in [3.05, 3.63) is 11.8 Å². The Bertz CT molecular complexity index is 194. The summed E-state index contributed by atoms with van der Waals surface area (Å²) in [6, 6.07) is 0. The van der Waals surface area contributed by atoms with E-state index in [1.54, 1.807) is 0 Å². The molecule has 13 heavy (non-hydrogen) atoms. The molecule has 0 aromatic carbocycles. The molecule has 2 nitrogen and oxygen atoms in total. The smallest absolute Gasteiger partial charge is 0.124 e. The van der Waals surface area contributed by atoms with Crippen molar-refractivity contribution < 1.29 is 9.84 Å². The number of aliphatic hydroxyl groups is 1. The highest BCUT2D eigenvalue weighted by atomic mass is 16.5. The van der Waals surface area contributed by atoms with E-state index in [0.29, 0.717) is 0 Å². The van der Waals surface area contributed by atoms with Gasteiger partial charge in [-0.25, -0.2) is 0 Å². The van der Waals surface area contributed by atoms with E-state index < -0.39 is 5.60 Å². The Morgan fingerprint density at radius 3 is 2.85 bits per heavy atom. The average molecular weight is 184 g/mol. The first-order valence-corrected chi connectivity index (χ1v) is 5.14. The van der Waals surface area contributed by atoms with Crippen LogP contribution < -0.4 is 0 Å². The van der Waals surface area contributed by atoms with Gasteiger partial charge in [-0.1, -0.05) is 20.3 Å². The van der Waals surface area contributed by atoms with Crippen molar-refractivity contribution >= 4 is 0 Å². The topological polar surface area (TPSA) is 29.5 Å². The molecule has 1 N–H and O–H groups in total. The SMILES string of the molecule is CCC(C)C(C)(O)C1=CCCCO1. The highest BCUT2D eigenvalue weighted by Crippen LogP contribution is 2.30. The molecule has 0 radical (unpaired) electrons. The predicted octanol–water partition coefficient (Wildman–Crippen LogP) is 2.48. The Morgan fingerprint density at radius 1 is 1.69 bits per heavy atom. The Labute approximate surface area is 80.6 Å². The Hall–Kier alpha value is -0.500. The molecule has 1 rings (SSSR count). The summed E-state index contributed by atoms with van der Waals surface area (Å²) in [5, 5.41) is 10.2. The van der Waals surface area contributed by atoms with Crippen LogP contribution in [-0.2, 0) is 4.74 Å². The molecule has 0 bridgehead atoms. The van der Waals surface area contributed by atoms with Crippen LogP contribution >= 0.6 is 0 Å². The molecule has 0 amide bonds. The van der Waals surface area contributed by atoms with E-state index in [1.807, 2.05) is 13.0 Å². The molecular weight excluding hydrogens is 164 g/mol. The molecule has 76 valence electrons. The number of hydrogen-bond donors (Lipinski definition) is 1. The molecular formula is C11H20O2. The van der Waals surface area contributed by atoms with Gasteiger partial charge in [0.25, 0.3) is 0 Å². The molecule has 0 fully saturated rings. The number of rotatable bonds is 3. The maximum Gasteiger partial charge on any atom is 0.124 e. The first-order valence-electron chi connectivity index (χ1n) is 5.14. The highest BCUT2D eigenvalue weighted by Gasteiger charge is 2.33. The lowest BCUT2D eigenvalue weighted by Gasteiger charge is -2.33. The maximum absolute atomic E-state index is 10.2. The monoisotopic (exact) mass is 184 g/mol. The van der Waals surface area contributed by atoms with E-state index in [1.165, 1.54) is 0 Å². The molecule has 0 saturated heterocycles. The molecule has 0 saturated carbocycles. The largest absolute Gasteiger partial charge is 0.495 e. The molecule has 0 aromatic heterocycles. The summed E-state index contributed by atoms with van der Waals surface area (Å²) in [5.74, 6) is 1.02. The summed E-state index contributed by atoms with van der Waals surface area (Å²) in [6.45, 7) is 6.73. The van der Waals surface area contributed by atoms with Crippen LogP contribution in [0.4, 0.5) is 0 Å². The van der Waals surface area contributed by atoms with Gasteiger partial charge < -0.3 is 9.84 Å². The minimum atomic E-state index is -0.783. The van der Waals surface area contributed by atoms with Gasteiger partial charge in [-0.15, -0.1) is 0 Å². The molecule has 1 aliphatic rings. The third-order valence-corrected chi connectivity index (χ3v) is 3.01. The zero-order valence-corrected chi connectivity index (χ0v) is 8.84. The summed E-state index contributed by atoms with van der Waals surface area (Å²) >= 11 is 0. The van der Waals surface area contributed by atoms with Gasteiger partial charge in [0.1, 0.15) is 11.4 Å². The summed E-state index contributed by atoms with van der Waals surface area (Å²) in [7, 11) is 0. The predicted molar refractivity (Wildman–Crippen MR) is 53.3 cm³/mol. The molecule has 1 heterocycles. The van der Waals surface area contributed by atoms with Crippen LogP contribution in [0.15, 0.2) is 11.8 Å². The first-order chi connectivity index (χ1) is 6.09. The van der Waals surface area contributed by atoms with Crippen molar-refractivity contribution in [1.29, 1.82) is 0 Å². The summed E-state index contributed by atoms with van der Waals surface area (Å²) in [6.07, 6.45) is 5.09. The second kappa shape index (κ2) is 4.14. The maximum atomic E-state index is 10.2. The Balaban J connectivity index is 2.72. The van der Waals surface area contributed by atoms with Gasteiger partial charge >= 0.3 is 0 Å². The average Bonchev–Trinajstić information content (AvgIpc) is 2.18. The van der Waals surface area contributed by atoms with Crippen LogP contribution in [0.2, 0.25) is 0 Å². The van der Waals surface area contributed by atoms with Gasteiger partial charge in [-0.05, 0) is 31.8 Å². The lowest BCUT2D eigenvalue weighted by atomic mass is 9.86. The van der Waals surface area contributed by atoms with Gasteiger partial charge in [0.15, 0.2) is 0 Å². The molecule has 2 atom stereocenters. The van der Waals surface area contributed by atoms with E-state index in [0.717, 1.165) is 31.6 Å². The van der Waals surface area contributed by atoms with Crippen LogP contribution in [0, 0.1) is 5.92 Å². The first kappa shape index (κ1) is 10.6. The van der Waals surface area contributed by atoms with Crippen molar-refractivity contribution in [2.24, 2.45) is 5.92 Å². The van der Waals surface area contributed by atoms with E-state index in [2.05, 4.69) is 13.8 Å². The molecule has 2 heteroatoms. The second-order valence-electron chi connectivity index (χ2n) is 4.02. The fourth-order valence-electron chi connectivity index (χ4n) is 1.55. The van der Waals surface area contributed by atoms with Crippen LogP contribution in [-0.4, -0.2) is 17.3 Å². The van der Waals surface area contributed by atoms with Gasteiger partial charge in [-0.2, -0.15) is 0 Å². The van der Waals surface area contributed by atoms with Crippen LogP contribution in [0.25, 0.3) is 0 Å². The van der Waals surface area contributed by atoms with E-state index in [9.17, 15) is 5.11 Å². The third kappa shape index (κ3) is 2.25. The number of ether oxygens (including phenoxy) is 1. The normalized spacial score (nSPS) is 24.2. The van der Waals surface area contributed by atoms with E-state index in [-0.39, 0.29) is 5.92 Å². The number of hydrogen-bond acceptors (Lipinski definition) is 2. The minimum absolute atomic E-state index is 0.247. The highest BCUT2D eigenvalue weighted by molar-refractivity contribution is 5.11. The molecule has 2 unspecified atom stereocenters. The van der Waals surface area contributed by atoms with Crippen LogP contribution in [0.5, 0.6) is 0 Å². The van der Waals surface area contributed by atoms with Gasteiger partial charge in [0, 0.05) is 0 Å². The van der Waals surface area contributed by atoms with Crippen molar-refractivity contribution in [3.63, 3.8) is 0 Å². The molecule has 0 aliphatic carbocycles. The standard InChI is InChI=1S/C11H20O2/c1-4-9(2)11(3,12)10-7-5-6-8-13-10/h7,9,12H,4-6,8H2,1-3H3. The molecule has 1 aliphatic heterocycles. The van der Waals surface area contributed by atoms with E-state index >= 15 is 0 Å². The second-order valence-corrected chi connectivity index (χ2v) is 4.02. The molecule has 0 aromatic rings. The Kier molecular flexibility index (Phi) is 3.37. The van der Waals surface area contributed by atoms with Gasteiger partial charge in [0.05, 0.1) is 6.61 Å². The minimum Gasteiger partial charge on any atom is -0.495 e. The Morgan fingerprint density at radius 2 is 2.38 bits per heavy atom. The zero-order chi connectivity index (χ0) is 9.90. The van der Waals surface area contributed by atoms with Crippen LogP contribution in [0.1, 0.15) is 40.0 Å². The van der Waals surface area contributed by atoms with Crippen molar-refractivity contribution in [2.45, 2.75) is 45.6 Å². The third-order valence-electron chi connectivity index (χ3n) is 3.01. The van der Waals surface area contributed by atoms with E-state index in [4.69, 9.17) is 4.74 Å². The fraction of sp³-hybridized carbons (Fsp3) is 0.818. The van der Waals surface area contributed by atoms with Gasteiger partial charge in [-0.3, -0.25) is 0 Å². The molecule has 0 spiro atoms. The number of allylic oxidation sites excluding steroid dienone is 1.